The number of anilines is 1. The number of nitrogens with one attached hydrogen (secondary N) is 2. The average Bonchev–Trinajstić information content (AvgIpc) is 3.42. The standard InChI is InChI=1S/C18H20ClN3O5/c1-10-7-12(19)5-6-13(10)20-14(23)9-27-15(24)8-22-16(25)18(2,11-3-4-11)21-17(22)26/h5-7,11H,3-4,8-9H2,1-2H3,(H,20,23)(H,21,26)/t18-/m1/s1. The van der Waals surface area contributed by atoms with Gasteiger partial charge < -0.3 is 15.4 Å². The van der Waals surface area contributed by atoms with Gasteiger partial charge in [-0.2, -0.15) is 0 Å². The van der Waals surface area contributed by atoms with Crippen molar-refractivity contribution in [3.05, 3.63) is 28.8 Å². The number of imide groups is 1. The van der Waals surface area contributed by atoms with Crippen LogP contribution in [-0.4, -0.2) is 47.4 Å². The van der Waals surface area contributed by atoms with Crippen molar-refractivity contribution in [2.45, 2.75) is 32.2 Å². The minimum absolute atomic E-state index is 0.100. The highest BCUT2D eigenvalue weighted by molar-refractivity contribution is 6.30. The number of amides is 4. The van der Waals surface area contributed by atoms with Crippen LogP contribution in [0.5, 0.6) is 0 Å². The minimum atomic E-state index is -0.957. The smallest absolute Gasteiger partial charge is 0.326 e. The van der Waals surface area contributed by atoms with Crippen LogP contribution in [0.25, 0.3) is 0 Å². The van der Waals surface area contributed by atoms with Gasteiger partial charge in [0.15, 0.2) is 6.61 Å². The first kappa shape index (κ1) is 19.2. The lowest BCUT2D eigenvalue weighted by Crippen LogP contribution is -2.46. The summed E-state index contributed by atoms with van der Waals surface area (Å²) in [5.74, 6) is -1.70. The zero-order chi connectivity index (χ0) is 19.8. The molecule has 3 rings (SSSR count). The fraction of sp³-hybridized carbons (Fsp3) is 0.444. The van der Waals surface area contributed by atoms with Crippen LogP contribution in [0.2, 0.25) is 5.02 Å². The maximum Gasteiger partial charge on any atom is 0.326 e. The summed E-state index contributed by atoms with van der Waals surface area (Å²) in [6.07, 6.45) is 1.73. The third kappa shape index (κ3) is 4.05. The number of carbonyl (C=O) groups excluding carboxylic acids is 4. The van der Waals surface area contributed by atoms with Crippen LogP contribution in [-0.2, 0) is 19.1 Å². The Morgan fingerprint density at radius 3 is 2.70 bits per heavy atom. The summed E-state index contributed by atoms with van der Waals surface area (Å²) in [6, 6.07) is 4.35. The summed E-state index contributed by atoms with van der Waals surface area (Å²) in [7, 11) is 0. The highest BCUT2D eigenvalue weighted by Crippen LogP contribution is 2.42. The van der Waals surface area contributed by atoms with E-state index in [1.54, 1.807) is 32.0 Å². The first-order valence-electron chi connectivity index (χ1n) is 8.56. The monoisotopic (exact) mass is 393 g/mol. The Labute approximate surface area is 161 Å². The zero-order valence-corrected chi connectivity index (χ0v) is 15.8. The molecule has 2 N–H and O–H groups in total. The van der Waals surface area contributed by atoms with Crippen molar-refractivity contribution in [1.29, 1.82) is 0 Å². The van der Waals surface area contributed by atoms with E-state index in [0.29, 0.717) is 10.7 Å². The first-order chi connectivity index (χ1) is 12.7. The largest absolute Gasteiger partial charge is 0.454 e. The van der Waals surface area contributed by atoms with Crippen molar-refractivity contribution in [1.82, 2.24) is 10.2 Å². The fourth-order valence-corrected chi connectivity index (χ4v) is 3.30. The van der Waals surface area contributed by atoms with Gasteiger partial charge in [-0.1, -0.05) is 11.6 Å². The van der Waals surface area contributed by atoms with E-state index in [2.05, 4.69) is 10.6 Å². The average molecular weight is 394 g/mol. The predicted molar refractivity (Wildman–Crippen MR) is 97.2 cm³/mol. The Morgan fingerprint density at radius 1 is 1.37 bits per heavy atom. The molecule has 0 aromatic heterocycles. The molecule has 0 spiro atoms. The Hall–Kier alpha value is -2.61. The molecule has 1 aromatic rings. The van der Waals surface area contributed by atoms with Crippen LogP contribution in [0.15, 0.2) is 18.2 Å². The molecule has 1 aromatic carbocycles. The molecule has 1 aliphatic carbocycles. The quantitative estimate of drug-likeness (QED) is 0.567. The SMILES string of the molecule is Cc1cc(Cl)ccc1NC(=O)COC(=O)CN1C(=O)N[C@](C)(C2CC2)C1=O. The normalized spacial score (nSPS) is 21.8. The Morgan fingerprint density at radius 2 is 2.07 bits per heavy atom. The van der Waals surface area contributed by atoms with Gasteiger partial charge in [0.25, 0.3) is 11.8 Å². The van der Waals surface area contributed by atoms with Crippen LogP contribution in [0, 0.1) is 12.8 Å². The van der Waals surface area contributed by atoms with Crippen molar-refractivity contribution in [3.8, 4) is 0 Å². The summed E-state index contributed by atoms with van der Waals surface area (Å²) in [5, 5.41) is 5.80. The van der Waals surface area contributed by atoms with E-state index in [0.717, 1.165) is 23.3 Å². The van der Waals surface area contributed by atoms with E-state index in [-0.39, 0.29) is 5.92 Å². The summed E-state index contributed by atoms with van der Waals surface area (Å²) in [4.78, 5) is 49.2. The van der Waals surface area contributed by atoms with E-state index in [9.17, 15) is 19.2 Å². The number of hydrogen-bond donors (Lipinski definition) is 2. The highest BCUT2D eigenvalue weighted by Gasteiger charge is 2.56. The van der Waals surface area contributed by atoms with Crippen LogP contribution in [0.3, 0.4) is 0 Å². The van der Waals surface area contributed by atoms with E-state index in [4.69, 9.17) is 16.3 Å². The van der Waals surface area contributed by atoms with Crippen LogP contribution >= 0.6 is 11.6 Å². The van der Waals surface area contributed by atoms with Crippen LogP contribution in [0.1, 0.15) is 25.3 Å². The van der Waals surface area contributed by atoms with Gasteiger partial charge in [0.1, 0.15) is 12.1 Å². The molecule has 144 valence electrons. The number of rotatable bonds is 6. The second-order valence-corrected chi connectivity index (χ2v) is 7.40. The molecule has 0 bridgehead atoms. The lowest BCUT2D eigenvalue weighted by atomic mass is 9.96. The summed E-state index contributed by atoms with van der Waals surface area (Å²) >= 11 is 5.86. The van der Waals surface area contributed by atoms with Gasteiger partial charge in [0.05, 0.1) is 0 Å². The molecular formula is C18H20ClN3O5. The second-order valence-electron chi connectivity index (χ2n) is 6.97. The Kier molecular flexibility index (Phi) is 5.10. The molecule has 1 saturated heterocycles. The molecule has 2 aliphatic rings. The van der Waals surface area contributed by atoms with Gasteiger partial charge in [-0.3, -0.25) is 19.3 Å². The third-order valence-corrected chi connectivity index (χ3v) is 5.04. The molecule has 2 fully saturated rings. The molecule has 1 saturated carbocycles. The van der Waals surface area contributed by atoms with Gasteiger partial charge in [-0.05, 0) is 56.4 Å². The highest BCUT2D eigenvalue weighted by atomic mass is 35.5. The van der Waals surface area contributed by atoms with Gasteiger partial charge in [-0.15, -0.1) is 0 Å². The van der Waals surface area contributed by atoms with Gasteiger partial charge in [0.2, 0.25) is 0 Å². The van der Waals surface area contributed by atoms with E-state index < -0.39 is 42.5 Å². The maximum atomic E-state index is 12.4. The van der Waals surface area contributed by atoms with Crippen molar-refractivity contribution in [3.63, 3.8) is 0 Å². The molecule has 27 heavy (non-hydrogen) atoms. The predicted octanol–water partition coefficient (Wildman–Crippen LogP) is 1.85. The maximum absolute atomic E-state index is 12.4. The molecular weight excluding hydrogens is 374 g/mol. The first-order valence-corrected chi connectivity index (χ1v) is 8.94. The molecule has 0 unspecified atom stereocenters. The number of benzene rings is 1. The lowest BCUT2D eigenvalue weighted by molar-refractivity contribution is -0.150. The molecule has 4 amide bonds. The number of carbonyl (C=O) groups is 4. The number of esters is 1. The number of hydrogen-bond acceptors (Lipinski definition) is 5. The summed E-state index contributed by atoms with van der Waals surface area (Å²) < 4.78 is 4.89. The number of nitrogens with zero attached hydrogens (tertiary/aromatic N) is 1. The summed E-state index contributed by atoms with van der Waals surface area (Å²) in [6.45, 7) is 2.39. The number of aryl methyl sites for hydroxylation is 1. The van der Waals surface area contributed by atoms with Crippen LogP contribution in [0.4, 0.5) is 10.5 Å². The van der Waals surface area contributed by atoms with Crippen molar-refractivity contribution < 1.29 is 23.9 Å². The topological polar surface area (TPSA) is 105 Å². The van der Waals surface area contributed by atoms with E-state index in [1.807, 2.05) is 0 Å². The minimum Gasteiger partial charge on any atom is -0.454 e. The number of halogens is 1. The molecule has 1 heterocycles. The Bertz CT molecular complexity index is 823. The zero-order valence-electron chi connectivity index (χ0n) is 15.0. The van der Waals surface area contributed by atoms with Crippen molar-refractivity contribution in [2.24, 2.45) is 5.92 Å². The third-order valence-electron chi connectivity index (χ3n) is 4.81. The second kappa shape index (κ2) is 7.19. The number of ether oxygens (including phenoxy) is 1. The number of urea groups is 1. The van der Waals surface area contributed by atoms with E-state index in [1.165, 1.54) is 0 Å². The van der Waals surface area contributed by atoms with Gasteiger partial charge in [0, 0.05) is 10.7 Å². The van der Waals surface area contributed by atoms with Crippen LogP contribution < -0.4 is 10.6 Å². The lowest BCUT2D eigenvalue weighted by Gasteiger charge is -2.20. The molecule has 9 heteroatoms. The van der Waals surface area contributed by atoms with E-state index >= 15 is 0 Å². The van der Waals surface area contributed by atoms with Crippen molar-refractivity contribution in [2.75, 3.05) is 18.5 Å². The Balaban J connectivity index is 1.50. The summed E-state index contributed by atoms with van der Waals surface area (Å²) in [5.41, 5.74) is 0.358. The van der Waals surface area contributed by atoms with Gasteiger partial charge in [-0.25, -0.2) is 4.79 Å². The molecule has 0 radical (unpaired) electrons. The molecule has 1 aliphatic heterocycles. The molecule has 8 nitrogen and oxygen atoms in total. The fourth-order valence-electron chi connectivity index (χ4n) is 3.07. The van der Waals surface area contributed by atoms with Gasteiger partial charge >= 0.3 is 12.0 Å². The molecule has 1 atom stereocenters. The van der Waals surface area contributed by atoms with Crippen molar-refractivity contribution >= 4 is 41.1 Å².